The Morgan fingerprint density at radius 3 is 2.56 bits per heavy atom. The number of nitrogens with zero attached hydrogens (tertiary/aromatic N) is 4. The number of amides is 2. The molecule has 1 aliphatic rings. The van der Waals surface area contributed by atoms with Gasteiger partial charge in [-0.15, -0.1) is 0 Å². The summed E-state index contributed by atoms with van der Waals surface area (Å²) in [5.41, 5.74) is 2.52. The molecule has 0 radical (unpaired) electrons. The molecule has 0 aliphatic carbocycles. The number of H-pyrrole nitrogens is 1. The Hall–Kier alpha value is -4.22. The van der Waals surface area contributed by atoms with E-state index >= 15 is 0 Å². The molecule has 0 unspecified atom stereocenters. The van der Waals surface area contributed by atoms with Crippen molar-refractivity contribution in [3.63, 3.8) is 0 Å². The highest BCUT2D eigenvalue weighted by Gasteiger charge is 2.24. The van der Waals surface area contributed by atoms with Gasteiger partial charge in [0.25, 0.3) is 5.56 Å². The molecule has 4 rings (SSSR count). The number of fused-ring (bicyclic) bond motifs is 1. The number of hydrogen-bond donors (Lipinski definition) is 2. The fraction of sp³-hybridized carbons (Fsp3) is 0.364. The molecular weight excluding hydrogens is 444 g/mol. The molecule has 1 aliphatic heterocycles. The number of aromatic nitrogens is 4. The third-order valence-corrected chi connectivity index (χ3v) is 5.59. The van der Waals surface area contributed by atoms with E-state index in [-0.39, 0.29) is 48.0 Å². The van der Waals surface area contributed by atoms with Crippen molar-refractivity contribution in [2.24, 2.45) is 7.05 Å². The second kappa shape index (κ2) is 9.33. The molecule has 2 amide bonds. The van der Waals surface area contributed by atoms with Gasteiger partial charge in [0.1, 0.15) is 12.4 Å². The lowest BCUT2D eigenvalue weighted by Gasteiger charge is -2.27. The van der Waals surface area contributed by atoms with Gasteiger partial charge in [0.2, 0.25) is 11.8 Å². The van der Waals surface area contributed by atoms with Crippen LogP contribution in [-0.2, 0) is 34.5 Å². The summed E-state index contributed by atoms with van der Waals surface area (Å²) in [7, 11) is 1.61. The number of ether oxygens (including phenoxy) is 1. The number of hydrazine groups is 1. The van der Waals surface area contributed by atoms with E-state index in [4.69, 9.17) is 4.74 Å². The largest absolute Gasteiger partial charge is 0.454 e. The maximum atomic E-state index is 12.5. The number of hydrogen-bond acceptors (Lipinski definition) is 7. The van der Waals surface area contributed by atoms with E-state index in [0.717, 1.165) is 17.9 Å². The van der Waals surface area contributed by atoms with Crippen molar-refractivity contribution in [1.82, 2.24) is 24.5 Å². The van der Waals surface area contributed by atoms with Crippen molar-refractivity contribution in [1.29, 1.82) is 0 Å². The predicted molar refractivity (Wildman–Crippen MR) is 121 cm³/mol. The van der Waals surface area contributed by atoms with Crippen LogP contribution in [0.1, 0.15) is 48.8 Å². The maximum Gasteiger partial charge on any atom is 0.338 e. The van der Waals surface area contributed by atoms with Gasteiger partial charge in [-0.25, -0.2) is 19.6 Å². The van der Waals surface area contributed by atoms with Gasteiger partial charge in [0, 0.05) is 26.4 Å². The summed E-state index contributed by atoms with van der Waals surface area (Å²) >= 11 is 0. The zero-order valence-corrected chi connectivity index (χ0v) is 18.8. The first-order valence-corrected chi connectivity index (χ1v) is 10.9. The van der Waals surface area contributed by atoms with Gasteiger partial charge in [-0.05, 0) is 30.7 Å². The lowest BCUT2D eigenvalue weighted by molar-refractivity contribution is -0.130. The minimum atomic E-state index is -0.634. The lowest BCUT2D eigenvalue weighted by atomic mass is 10.2. The smallest absolute Gasteiger partial charge is 0.338 e. The minimum absolute atomic E-state index is 0.114. The average Bonchev–Trinajstić information content (AvgIpc) is 3.15. The molecular formula is C22H24N6O6. The number of carbonyl (C=O) groups excluding carboxylic acids is 3. The van der Waals surface area contributed by atoms with Gasteiger partial charge in [0.15, 0.2) is 11.2 Å². The summed E-state index contributed by atoms with van der Waals surface area (Å²) in [6.45, 7) is 2.18. The quantitative estimate of drug-likeness (QED) is 0.486. The van der Waals surface area contributed by atoms with Crippen LogP contribution in [0.3, 0.4) is 0 Å². The molecule has 2 aromatic heterocycles. The molecule has 2 N–H and O–H groups in total. The highest BCUT2D eigenvalue weighted by molar-refractivity contribution is 6.01. The van der Waals surface area contributed by atoms with Gasteiger partial charge in [-0.1, -0.05) is 13.3 Å². The van der Waals surface area contributed by atoms with Crippen LogP contribution < -0.4 is 21.7 Å². The first-order valence-electron chi connectivity index (χ1n) is 10.9. The number of anilines is 1. The van der Waals surface area contributed by atoms with Gasteiger partial charge < -0.3 is 9.30 Å². The van der Waals surface area contributed by atoms with E-state index in [1.54, 1.807) is 7.05 Å². The molecule has 3 heterocycles. The summed E-state index contributed by atoms with van der Waals surface area (Å²) in [4.78, 5) is 67.4. The van der Waals surface area contributed by atoms with Crippen molar-refractivity contribution in [2.75, 3.05) is 5.01 Å². The van der Waals surface area contributed by atoms with Crippen LogP contribution in [-0.4, -0.2) is 36.9 Å². The zero-order chi connectivity index (χ0) is 24.4. The van der Waals surface area contributed by atoms with Crippen LogP contribution in [0.4, 0.5) is 5.69 Å². The number of unbranched alkanes of at least 4 members (excludes halogenated alkanes) is 1. The number of carbonyl (C=O) groups is 3. The molecule has 0 spiro atoms. The molecule has 1 saturated heterocycles. The van der Waals surface area contributed by atoms with Crippen molar-refractivity contribution in [3.8, 4) is 0 Å². The van der Waals surface area contributed by atoms with Crippen molar-refractivity contribution in [3.05, 3.63) is 56.5 Å². The Balaban J connectivity index is 1.51. The summed E-state index contributed by atoms with van der Waals surface area (Å²) < 4.78 is 8.27. The Labute approximate surface area is 193 Å². The summed E-state index contributed by atoms with van der Waals surface area (Å²) in [5.74, 6) is -0.832. The third-order valence-electron chi connectivity index (χ3n) is 5.59. The van der Waals surface area contributed by atoms with E-state index in [0.29, 0.717) is 18.1 Å². The Kier molecular flexibility index (Phi) is 6.30. The second-order valence-electron chi connectivity index (χ2n) is 7.91. The normalized spacial score (nSPS) is 13.9. The minimum Gasteiger partial charge on any atom is -0.454 e. The SMILES string of the molecule is CCCCn1c(=O)[nH]c(=O)c2c1nc(COC(=O)c1ccc(N3NC(=O)CCC3=O)cc1)n2C. The van der Waals surface area contributed by atoms with Crippen LogP contribution in [0.2, 0.25) is 0 Å². The van der Waals surface area contributed by atoms with Crippen molar-refractivity contribution < 1.29 is 19.1 Å². The highest BCUT2D eigenvalue weighted by atomic mass is 16.5. The monoisotopic (exact) mass is 468 g/mol. The van der Waals surface area contributed by atoms with Crippen LogP contribution in [0.5, 0.6) is 0 Å². The lowest BCUT2D eigenvalue weighted by Crippen LogP contribution is -2.50. The molecule has 0 saturated carbocycles. The van der Waals surface area contributed by atoms with E-state index in [2.05, 4.69) is 15.4 Å². The molecule has 1 fully saturated rings. The third kappa shape index (κ3) is 4.34. The Morgan fingerprint density at radius 2 is 1.85 bits per heavy atom. The van der Waals surface area contributed by atoms with E-state index in [1.165, 1.54) is 33.4 Å². The van der Waals surface area contributed by atoms with Gasteiger partial charge in [-0.3, -0.25) is 29.4 Å². The maximum absolute atomic E-state index is 12.5. The first-order chi connectivity index (χ1) is 16.3. The molecule has 12 nitrogen and oxygen atoms in total. The number of benzene rings is 1. The zero-order valence-electron chi connectivity index (χ0n) is 18.8. The van der Waals surface area contributed by atoms with Crippen LogP contribution in [0, 0.1) is 0 Å². The second-order valence-corrected chi connectivity index (χ2v) is 7.91. The fourth-order valence-corrected chi connectivity index (χ4v) is 3.69. The number of aryl methyl sites for hydroxylation is 2. The van der Waals surface area contributed by atoms with Gasteiger partial charge >= 0.3 is 11.7 Å². The van der Waals surface area contributed by atoms with E-state index in [9.17, 15) is 24.0 Å². The Morgan fingerprint density at radius 1 is 1.12 bits per heavy atom. The number of nitrogens with one attached hydrogen (secondary N) is 2. The number of rotatable bonds is 7. The van der Waals surface area contributed by atoms with Crippen molar-refractivity contribution in [2.45, 2.75) is 45.8 Å². The van der Waals surface area contributed by atoms with E-state index in [1.807, 2.05) is 6.92 Å². The van der Waals surface area contributed by atoms with Crippen LogP contribution in [0.25, 0.3) is 11.2 Å². The van der Waals surface area contributed by atoms with Crippen molar-refractivity contribution >= 4 is 34.6 Å². The van der Waals surface area contributed by atoms with Gasteiger partial charge in [-0.2, -0.15) is 0 Å². The number of imidazole rings is 1. The standard InChI is InChI=1S/C22H24N6O6/c1-3-4-11-27-19-18(20(31)24-22(27)33)26(2)15(23-19)12-34-21(32)13-5-7-14(8-6-13)28-17(30)10-9-16(29)25-28/h5-8H,3-4,9-12H2,1-2H3,(H,25,29)(H,24,31,33). The molecule has 0 atom stereocenters. The highest BCUT2D eigenvalue weighted by Crippen LogP contribution is 2.19. The molecule has 34 heavy (non-hydrogen) atoms. The van der Waals surface area contributed by atoms with Gasteiger partial charge in [0.05, 0.1) is 11.3 Å². The molecule has 178 valence electrons. The Bertz CT molecular complexity index is 1380. The number of esters is 1. The van der Waals surface area contributed by atoms with E-state index < -0.39 is 17.2 Å². The molecule has 12 heteroatoms. The van der Waals surface area contributed by atoms with Crippen LogP contribution >= 0.6 is 0 Å². The van der Waals surface area contributed by atoms with Crippen LogP contribution in [0.15, 0.2) is 33.9 Å². The molecule has 1 aromatic carbocycles. The first kappa shape index (κ1) is 23.0. The topological polar surface area (TPSA) is 148 Å². The number of aromatic amines is 1. The summed E-state index contributed by atoms with van der Waals surface area (Å²) in [5, 5.41) is 1.15. The molecule has 3 aromatic rings. The fourth-order valence-electron chi connectivity index (χ4n) is 3.69. The molecule has 0 bridgehead atoms. The predicted octanol–water partition coefficient (Wildman–Crippen LogP) is 0.738. The average molecular weight is 468 g/mol. The summed E-state index contributed by atoms with van der Waals surface area (Å²) in [6, 6.07) is 6.02. The summed E-state index contributed by atoms with van der Waals surface area (Å²) in [6.07, 6.45) is 1.86.